The molecule has 2 heterocycles. The predicted molar refractivity (Wildman–Crippen MR) is 159 cm³/mol. The first kappa shape index (κ1) is 28.5. The zero-order valence-electron chi connectivity index (χ0n) is 22.9. The van der Waals surface area contributed by atoms with Crippen molar-refractivity contribution in [3.8, 4) is 11.4 Å². The van der Waals surface area contributed by atoms with Gasteiger partial charge in [0.1, 0.15) is 11.4 Å². The Balaban J connectivity index is 1.55. The number of imidazole rings is 1. The Morgan fingerprint density at radius 2 is 1.61 bits per heavy atom. The Labute approximate surface area is 248 Å². The van der Waals surface area contributed by atoms with Gasteiger partial charge in [-0.3, -0.25) is 18.7 Å². The Kier molecular flexibility index (Phi) is 8.24. The Hall–Kier alpha value is -4.01. The van der Waals surface area contributed by atoms with Gasteiger partial charge in [-0.2, -0.15) is 0 Å². The van der Waals surface area contributed by atoms with E-state index in [0.717, 1.165) is 5.56 Å². The average molecular weight is 594 g/mol. The summed E-state index contributed by atoms with van der Waals surface area (Å²) in [4.78, 5) is 42.7. The molecule has 3 aromatic carbocycles. The lowest BCUT2D eigenvalue weighted by atomic mass is 10.1. The third kappa shape index (κ3) is 5.89. The quantitative estimate of drug-likeness (QED) is 0.290. The molecule has 4 aromatic rings. The number of benzene rings is 3. The fourth-order valence-corrected chi connectivity index (χ4v) is 5.25. The first-order chi connectivity index (χ1) is 19.6. The second-order valence-corrected chi connectivity index (χ2v) is 11.0. The number of nitrogens with zero attached hydrogens (tertiary/aromatic N) is 3. The fraction of sp³-hybridized carbons (Fsp3) is 0.258. The molecule has 10 heteroatoms. The molecule has 0 saturated heterocycles. The molecule has 8 nitrogen and oxygen atoms in total. The summed E-state index contributed by atoms with van der Waals surface area (Å²) in [5, 5.41) is 3.67. The standard InChI is InChI=1S/C31H30Cl2N4O4/c1-19(2)41-24-12-10-23(11-13-24)37-28(29(38)34-20(3)21-7-5-4-6-8-21)27-18-35(15-16-36(27)31(37)40)30(39)22-9-14-25(32)26(33)17-22/h4-14,17,19-20H,15-16,18H2,1-3H3,(H,34,38)/t20-/m0/s1. The Morgan fingerprint density at radius 1 is 0.902 bits per heavy atom. The Bertz CT molecular complexity index is 1650. The molecule has 1 atom stereocenters. The first-order valence-corrected chi connectivity index (χ1v) is 14.1. The highest BCUT2D eigenvalue weighted by Gasteiger charge is 2.32. The molecule has 1 aliphatic rings. The van der Waals surface area contributed by atoms with Crippen LogP contribution in [0.3, 0.4) is 0 Å². The van der Waals surface area contributed by atoms with Crippen LogP contribution in [0.1, 0.15) is 58.9 Å². The largest absolute Gasteiger partial charge is 0.491 e. The molecule has 41 heavy (non-hydrogen) atoms. The predicted octanol–water partition coefficient (Wildman–Crippen LogP) is 5.88. The molecule has 0 radical (unpaired) electrons. The first-order valence-electron chi connectivity index (χ1n) is 13.4. The number of nitrogens with one attached hydrogen (secondary N) is 1. The van der Waals surface area contributed by atoms with Crippen LogP contribution in [0.25, 0.3) is 5.69 Å². The summed E-state index contributed by atoms with van der Waals surface area (Å²) < 4.78 is 8.74. The van der Waals surface area contributed by atoms with Gasteiger partial charge >= 0.3 is 5.69 Å². The van der Waals surface area contributed by atoms with Gasteiger partial charge in [0.25, 0.3) is 11.8 Å². The summed E-state index contributed by atoms with van der Waals surface area (Å²) in [5.41, 5.74) is 2.11. The SMILES string of the molecule is CC(C)Oc1ccc(-n2c(C(=O)N[C@@H](C)c3ccccc3)c3n(c2=O)CCN(C(=O)c2ccc(Cl)c(Cl)c2)C3)cc1. The molecule has 0 saturated carbocycles. The number of fused-ring (bicyclic) bond motifs is 1. The van der Waals surface area contributed by atoms with E-state index in [0.29, 0.717) is 34.3 Å². The lowest BCUT2D eigenvalue weighted by Crippen LogP contribution is -2.41. The second kappa shape index (κ2) is 11.8. The van der Waals surface area contributed by atoms with Crippen LogP contribution in [0.5, 0.6) is 5.75 Å². The van der Waals surface area contributed by atoms with Gasteiger partial charge in [-0.05, 0) is 68.8 Å². The Morgan fingerprint density at radius 3 is 2.27 bits per heavy atom. The maximum Gasteiger partial charge on any atom is 0.333 e. The van der Waals surface area contributed by atoms with E-state index < -0.39 is 5.91 Å². The molecule has 1 N–H and O–H groups in total. The normalized spacial score (nSPS) is 13.6. The van der Waals surface area contributed by atoms with Crippen LogP contribution in [-0.4, -0.2) is 38.5 Å². The van der Waals surface area contributed by atoms with Crippen molar-refractivity contribution in [2.24, 2.45) is 0 Å². The summed E-state index contributed by atoms with van der Waals surface area (Å²) in [5.74, 6) is -0.0318. The van der Waals surface area contributed by atoms with E-state index in [9.17, 15) is 14.4 Å². The van der Waals surface area contributed by atoms with Crippen molar-refractivity contribution in [3.05, 3.63) is 116 Å². The molecule has 0 bridgehead atoms. The molecule has 212 valence electrons. The summed E-state index contributed by atoms with van der Waals surface area (Å²) in [6, 6.07) is 21.0. The van der Waals surface area contributed by atoms with Gasteiger partial charge in [0.05, 0.1) is 40.1 Å². The van der Waals surface area contributed by atoms with Gasteiger partial charge in [0, 0.05) is 18.7 Å². The number of amides is 2. The number of hydrogen-bond acceptors (Lipinski definition) is 4. The number of hydrogen-bond donors (Lipinski definition) is 1. The third-order valence-electron chi connectivity index (χ3n) is 6.96. The van der Waals surface area contributed by atoms with Crippen LogP contribution < -0.4 is 15.7 Å². The number of halogens is 2. The van der Waals surface area contributed by atoms with Crippen LogP contribution in [0.15, 0.2) is 77.6 Å². The van der Waals surface area contributed by atoms with E-state index in [1.54, 1.807) is 45.9 Å². The van der Waals surface area contributed by atoms with Crippen LogP contribution in [0, 0.1) is 0 Å². The van der Waals surface area contributed by atoms with E-state index in [1.165, 1.54) is 10.6 Å². The minimum absolute atomic E-state index is 0.00905. The zero-order valence-corrected chi connectivity index (χ0v) is 24.4. The van der Waals surface area contributed by atoms with Crippen molar-refractivity contribution < 1.29 is 14.3 Å². The number of rotatable bonds is 7. The summed E-state index contributed by atoms with van der Waals surface area (Å²) in [6.07, 6.45) is -0.00905. The van der Waals surface area contributed by atoms with Crippen molar-refractivity contribution in [3.63, 3.8) is 0 Å². The second-order valence-electron chi connectivity index (χ2n) is 10.2. The lowest BCUT2D eigenvalue weighted by Gasteiger charge is -2.28. The number of ether oxygens (including phenoxy) is 1. The highest BCUT2D eigenvalue weighted by Crippen LogP contribution is 2.26. The summed E-state index contributed by atoms with van der Waals surface area (Å²) in [6.45, 7) is 6.34. The number of carbonyl (C=O) groups excluding carboxylic acids is 2. The van der Waals surface area contributed by atoms with Gasteiger partial charge in [0.2, 0.25) is 0 Å². The minimum atomic E-state index is -0.418. The van der Waals surface area contributed by atoms with Crippen molar-refractivity contribution in [1.29, 1.82) is 0 Å². The van der Waals surface area contributed by atoms with Crippen molar-refractivity contribution in [2.45, 2.75) is 46.0 Å². The maximum atomic E-state index is 13.9. The van der Waals surface area contributed by atoms with E-state index in [2.05, 4.69) is 5.32 Å². The molecule has 0 unspecified atom stereocenters. The topological polar surface area (TPSA) is 85.6 Å². The van der Waals surface area contributed by atoms with Gasteiger partial charge in [-0.15, -0.1) is 0 Å². The maximum absolute atomic E-state index is 13.9. The van der Waals surface area contributed by atoms with Gasteiger partial charge in [-0.25, -0.2) is 4.79 Å². The molecule has 2 amide bonds. The van der Waals surface area contributed by atoms with Crippen molar-refractivity contribution in [2.75, 3.05) is 6.54 Å². The molecule has 5 rings (SSSR count). The highest BCUT2D eigenvalue weighted by molar-refractivity contribution is 6.42. The van der Waals surface area contributed by atoms with E-state index >= 15 is 0 Å². The molecule has 0 aliphatic carbocycles. The van der Waals surface area contributed by atoms with Crippen LogP contribution >= 0.6 is 23.2 Å². The lowest BCUT2D eigenvalue weighted by molar-refractivity contribution is 0.0706. The van der Waals surface area contributed by atoms with E-state index in [4.69, 9.17) is 27.9 Å². The van der Waals surface area contributed by atoms with Gasteiger partial charge in [0.15, 0.2) is 0 Å². The van der Waals surface area contributed by atoms with Crippen molar-refractivity contribution >= 4 is 35.0 Å². The number of aromatic nitrogens is 2. The highest BCUT2D eigenvalue weighted by atomic mass is 35.5. The summed E-state index contributed by atoms with van der Waals surface area (Å²) in [7, 11) is 0. The van der Waals surface area contributed by atoms with Crippen LogP contribution in [-0.2, 0) is 13.1 Å². The van der Waals surface area contributed by atoms with E-state index in [-0.39, 0.29) is 47.5 Å². The van der Waals surface area contributed by atoms with E-state index in [1.807, 2.05) is 51.1 Å². The van der Waals surface area contributed by atoms with Crippen molar-refractivity contribution in [1.82, 2.24) is 19.4 Å². The van der Waals surface area contributed by atoms with Crippen LogP contribution in [0.2, 0.25) is 10.0 Å². The fourth-order valence-electron chi connectivity index (χ4n) is 4.95. The summed E-state index contributed by atoms with van der Waals surface area (Å²) >= 11 is 12.2. The minimum Gasteiger partial charge on any atom is -0.491 e. The zero-order chi connectivity index (χ0) is 29.3. The smallest absolute Gasteiger partial charge is 0.333 e. The number of carbonyl (C=O) groups is 2. The average Bonchev–Trinajstić information content (AvgIpc) is 3.26. The third-order valence-corrected chi connectivity index (χ3v) is 7.70. The van der Waals surface area contributed by atoms with Gasteiger partial charge < -0.3 is 15.0 Å². The molecule has 0 spiro atoms. The van der Waals surface area contributed by atoms with Gasteiger partial charge in [-0.1, -0.05) is 53.5 Å². The molecular weight excluding hydrogens is 563 g/mol. The molecule has 1 aromatic heterocycles. The molecular formula is C31H30Cl2N4O4. The molecule has 0 fully saturated rings. The molecule has 1 aliphatic heterocycles. The van der Waals surface area contributed by atoms with Crippen LogP contribution in [0.4, 0.5) is 0 Å². The monoisotopic (exact) mass is 592 g/mol.